The van der Waals surface area contributed by atoms with Crippen molar-refractivity contribution in [2.45, 2.75) is 52.0 Å². The van der Waals surface area contributed by atoms with Crippen LogP contribution in [0, 0.1) is 5.92 Å². The SMILES string of the molecule is CCN(CCC(=O)O)C(C)C1CCCC1. The fraction of sp³-hybridized carbons (Fsp3) is 0.917. The van der Waals surface area contributed by atoms with E-state index in [2.05, 4.69) is 18.7 Å². The summed E-state index contributed by atoms with van der Waals surface area (Å²) < 4.78 is 0. The van der Waals surface area contributed by atoms with Gasteiger partial charge in [0.05, 0.1) is 6.42 Å². The molecule has 1 N–H and O–H groups in total. The van der Waals surface area contributed by atoms with Crippen molar-refractivity contribution in [3.05, 3.63) is 0 Å². The molecule has 0 saturated heterocycles. The van der Waals surface area contributed by atoms with Crippen LogP contribution in [0.15, 0.2) is 0 Å². The Morgan fingerprint density at radius 3 is 2.53 bits per heavy atom. The lowest BCUT2D eigenvalue weighted by atomic mass is 9.98. The fourth-order valence-electron chi connectivity index (χ4n) is 2.63. The van der Waals surface area contributed by atoms with Crippen molar-refractivity contribution in [1.82, 2.24) is 4.90 Å². The molecule has 1 aliphatic rings. The minimum Gasteiger partial charge on any atom is -0.481 e. The van der Waals surface area contributed by atoms with Gasteiger partial charge in [0.25, 0.3) is 0 Å². The third-order valence-electron chi connectivity index (χ3n) is 3.68. The van der Waals surface area contributed by atoms with Crippen LogP contribution in [0.2, 0.25) is 0 Å². The zero-order valence-corrected chi connectivity index (χ0v) is 9.91. The van der Waals surface area contributed by atoms with Crippen LogP contribution in [0.4, 0.5) is 0 Å². The Morgan fingerprint density at radius 2 is 2.07 bits per heavy atom. The lowest BCUT2D eigenvalue weighted by Gasteiger charge is -2.31. The number of hydrogen-bond donors (Lipinski definition) is 1. The second-order valence-electron chi connectivity index (χ2n) is 4.56. The predicted octanol–water partition coefficient (Wildman–Crippen LogP) is 2.36. The Hall–Kier alpha value is -0.570. The topological polar surface area (TPSA) is 40.5 Å². The van der Waals surface area contributed by atoms with E-state index in [1.54, 1.807) is 0 Å². The average molecular weight is 213 g/mol. The lowest BCUT2D eigenvalue weighted by molar-refractivity contribution is -0.137. The highest BCUT2D eigenvalue weighted by Crippen LogP contribution is 2.30. The molecule has 0 aromatic rings. The van der Waals surface area contributed by atoms with Crippen LogP contribution < -0.4 is 0 Å². The van der Waals surface area contributed by atoms with E-state index in [1.165, 1.54) is 25.7 Å². The summed E-state index contributed by atoms with van der Waals surface area (Å²) in [6.45, 7) is 6.03. The molecule has 15 heavy (non-hydrogen) atoms. The molecular formula is C12H23NO2. The highest BCUT2D eigenvalue weighted by Gasteiger charge is 2.25. The zero-order valence-electron chi connectivity index (χ0n) is 9.91. The van der Waals surface area contributed by atoms with Crippen LogP contribution >= 0.6 is 0 Å². The molecule has 0 spiro atoms. The number of rotatable bonds is 6. The van der Waals surface area contributed by atoms with Crippen molar-refractivity contribution in [2.75, 3.05) is 13.1 Å². The Balaban J connectivity index is 2.38. The Labute approximate surface area is 92.5 Å². The first-order chi connectivity index (χ1) is 7.15. The lowest BCUT2D eigenvalue weighted by Crippen LogP contribution is -2.38. The maximum absolute atomic E-state index is 10.5. The summed E-state index contributed by atoms with van der Waals surface area (Å²) in [6, 6.07) is 0.553. The van der Waals surface area contributed by atoms with E-state index in [0.29, 0.717) is 12.6 Å². The molecule has 0 heterocycles. The standard InChI is InChI=1S/C12H23NO2/c1-3-13(9-8-12(14)15)10(2)11-6-4-5-7-11/h10-11H,3-9H2,1-2H3,(H,14,15). The molecule has 1 saturated carbocycles. The molecule has 1 aliphatic carbocycles. The molecule has 1 atom stereocenters. The molecule has 1 unspecified atom stereocenters. The van der Waals surface area contributed by atoms with E-state index in [0.717, 1.165) is 12.5 Å². The summed E-state index contributed by atoms with van der Waals surface area (Å²) in [5.74, 6) is 0.103. The second-order valence-corrected chi connectivity index (χ2v) is 4.56. The number of nitrogens with zero attached hydrogens (tertiary/aromatic N) is 1. The predicted molar refractivity (Wildman–Crippen MR) is 60.9 cm³/mol. The number of hydrogen-bond acceptors (Lipinski definition) is 2. The number of carboxylic acids is 1. The monoisotopic (exact) mass is 213 g/mol. The molecule has 0 aromatic heterocycles. The first kappa shape index (κ1) is 12.5. The second kappa shape index (κ2) is 6.11. The molecule has 88 valence electrons. The van der Waals surface area contributed by atoms with Gasteiger partial charge >= 0.3 is 5.97 Å². The average Bonchev–Trinajstić information content (AvgIpc) is 2.70. The van der Waals surface area contributed by atoms with Gasteiger partial charge in [-0.05, 0) is 32.2 Å². The van der Waals surface area contributed by atoms with Crippen molar-refractivity contribution in [3.8, 4) is 0 Å². The molecule has 0 aliphatic heterocycles. The van der Waals surface area contributed by atoms with Gasteiger partial charge in [0.15, 0.2) is 0 Å². The van der Waals surface area contributed by atoms with Crippen molar-refractivity contribution in [1.29, 1.82) is 0 Å². The third-order valence-corrected chi connectivity index (χ3v) is 3.68. The van der Waals surface area contributed by atoms with Gasteiger partial charge in [-0.3, -0.25) is 4.79 Å². The van der Waals surface area contributed by atoms with Gasteiger partial charge in [0, 0.05) is 12.6 Å². The van der Waals surface area contributed by atoms with E-state index < -0.39 is 5.97 Å². The van der Waals surface area contributed by atoms with E-state index in [-0.39, 0.29) is 6.42 Å². The van der Waals surface area contributed by atoms with Crippen molar-refractivity contribution >= 4 is 5.97 Å². The van der Waals surface area contributed by atoms with E-state index in [1.807, 2.05) is 0 Å². The maximum Gasteiger partial charge on any atom is 0.304 e. The van der Waals surface area contributed by atoms with Gasteiger partial charge in [0.1, 0.15) is 0 Å². The van der Waals surface area contributed by atoms with Crippen LogP contribution in [0.1, 0.15) is 46.0 Å². The van der Waals surface area contributed by atoms with Gasteiger partial charge in [-0.25, -0.2) is 0 Å². The van der Waals surface area contributed by atoms with E-state index in [9.17, 15) is 4.79 Å². The summed E-state index contributed by atoms with van der Waals surface area (Å²) in [5, 5.41) is 8.68. The van der Waals surface area contributed by atoms with Gasteiger partial charge in [-0.1, -0.05) is 19.8 Å². The maximum atomic E-state index is 10.5. The van der Waals surface area contributed by atoms with E-state index in [4.69, 9.17) is 5.11 Å². The zero-order chi connectivity index (χ0) is 11.3. The largest absolute Gasteiger partial charge is 0.481 e. The summed E-state index contributed by atoms with van der Waals surface area (Å²) in [6.07, 6.45) is 5.62. The molecular weight excluding hydrogens is 190 g/mol. The van der Waals surface area contributed by atoms with Crippen LogP contribution in [0.5, 0.6) is 0 Å². The minimum absolute atomic E-state index is 0.269. The number of aliphatic carboxylic acids is 1. The number of carboxylic acid groups (broad SMARTS) is 1. The van der Waals surface area contributed by atoms with Gasteiger partial charge in [0.2, 0.25) is 0 Å². The van der Waals surface area contributed by atoms with Crippen LogP contribution in [0.3, 0.4) is 0 Å². The Morgan fingerprint density at radius 1 is 1.47 bits per heavy atom. The molecule has 0 amide bonds. The number of carbonyl (C=O) groups is 1. The summed E-state index contributed by atoms with van der Waals surface area (Å²) in [7, 11) is 0. The smallest absolute Gasteiger partial charge is 0.304 e. The summed E-state index contributed by atoms with van der Waals surface area (Å²) >= 11 is 0. The molecule has 3 nitrogen and oxygen atoms in total. The van der Waals surface area contributed by atoms with Gasteiger partial charge in [-0.2, -0.15) is 0 Å². The van der Waals surface area contributed by atoms with Crippen molar-refractivity contribution < 1.29 is 9.90 Å². The summed E-state index contributed by atoms with van der Waals surface area (Å²) in [5.41, 5.74) is 0. The highest BCUT2D eigenvalue weighted by atomic mass is 16.4. The molecule has 0 radical (unpaired) electrons. The molecule has 1 rings (SSSR count). The molecule has 3 heteroatoms. The van der Waals surface area contributed by atoms with Crippen LogP contribution in [0.25, 0.3) is 0 Å². The summed E-state index contributed by atoms with van der Waals surface area (Å²) in [4.78, 5) is 12.8. The fourth-order valence-corrected chi connectivity index (χ4v) is 2.63. The quantitative estimate of drug-likeness (QED) is 0.736. The normalized spacial score (nSPS) is 19.7. The van der Waals surface area contributed by atoms with Gasteiger partial charge in [-0.15, -0.1) is 0 Å². The third kappa shape index (κ3) is 3.82. The molecule has 1 fully saturated rings. The van der Waals surface area contributed by atoms with E-state index >= 15 is 0 Å². The van der Waals surface area contributed by atoms with Crippen molar-refractivity contribution in [3.63, 3.8) is 0 Å². The van der Waals surface area contributed by atoms with Gasteiger partial charge < -0.3 is 10.0 Å². The molecule has 0 aromatic carbocycles. The Kier molecular flexibility index (Phi) is 5.09. The van der Waals surface area contributed by atoms with Crippen molar-refractivity contribution in [2.24, 2.45) is 5.92 Å². The van der Waals surface area contributed by atoms with Crippen LogP contribution in [-0.4, -0.2) is 35.1 Å². The first-order valence-electron chi connectivity index (χ1n) is 6.11. The molecule has 0 bridgehead atoms. The van der Waals surface area contributed by atoms with Crippen LogP contribution in [-0.2, 0) is 4.79 Å². The Bertz CT molecular complexity index is 200. The highest BCUT2D eigenvalue weighted by molar-refractivity contribution is 5.66. The first-order valence-corrected chi connectivity index (χ1v) is 6.11. The minimum atomic E-state index is -0.688.